The van der Waals surface area contributed by atoms with E-state index < -0.39 is 0 Å². The molecule has 1 fully saturated rings. The first-order valence-electron chi connectivity index (χ1n) is 6.26. The molecule has 1 aromatic carbocycles. The van der Waals surface area contributed by atoms with Crippen LogP contribution in [0.5, 0.6) is 0 Å². The van der Waals surface area contributed by atoms with Crippen molar-refractivity contribution in [2.75, 3.05) is 33.4 Å². The lowest BCUT2D eigenvalue weighted by Crippen LogP contribution is -2.41. The number of aliphatic hydroxyl groups excluding tert-OH is 2. The molecule has 0 aliphatic carbocycles. The molecule has 2 N–H and O–H groups in total. The Bertz CT molecular complexity index is 340. The van der Waals surface area contributed by atoms with E-state index in [1.54, 1.807) is 0 Å². The van der Waals surface area contributed by atoms with Gasteiger partial charge in [-0.3, -0.25) is 0 Å². The smallest absolute Gasteiger partial charge is 0.104 e. The van der Waals surface area contributed by atoms with Gasteiger partial charge in [0.1, 0.15) is 6.54 Å². The SMILES string of the molecule is C[N+]1(Cc2ccccc2)C[C@H](CO)[C@@H](CO)C1. The van der Waals surface area contributed by atoms with Gasteiger partial charge in [0, 0.05) is 17.4 Å². The fourth-order valence-corrected chi connectivity index (χ4v) is 3.07. The lowest BCUT2D eigenvalue weighted by molar-refractivity contribution is -0.913. The number of hydrogen-bond donors (Lipinski definition) is 2. The van der Waals surface area contributed by atoms with E-state index in [2.05, 4.69) is 31.3 Å². The Balaban J connectivity index is 2.06. The Hall–Kier alpha value is -0.900. The summed E-state index contributed by atoms with van der Waals surface area (Å²) in [5.74, 6) is 0.488. The summed E-state index contributed by atoms with van der Waals surface area (Å²) in [7, 11) is 2.21. The summed E-state index contributed by atoms with van der Waals surface area (Å²) in [5, 5.41) is 18.7. The first-order chi connectivity index (χ1) is 8.17. The first kappa shape index (κ1) is 12.6. The van der Waals surface area contributed by atoms with Crippen molar-refractivity contribution in [1.82, 2.24) is 0 Å². The van der Waals surface area contributed by atoms with Gasteiger partial charge < -0.3 is 14.7 Å². The van der Waals surface area contributed by atoms with Gasteiger partial charge in [0.25, 0.3) is 0 Å². The molecule has 2 rings (SSSR count). The molecule has 94 valence electrons. The average molecular weight is 236 g/mol. The van der Waals surface area contributed by atoms with E-state index in [4.69, 9.17) is 0 Å². The van der Waals surface area contributed by atoms with E-state index in [9.17, 15) is 10.2 Å². The van der Waals surface area contributed by atoms with E-state index in [0.29, 0.717) is 0 Å². The zero-order valence-corrected chi connectivity index (χ0v) is 10.4. The summed E-state index contributed by atoms with van der Waals surface area (Å²) < 4.78 is 0.917. The molecule has 3 nitrogen and oxygen atoms in total. The summed E-state index contributed by atoms with van der Waals surface area (Å²) in [6.45, 7) is 3.27. The number of hydrogen-bond acceptors (Lipinski definition) is 2. The molecule has 0 amide bonds. The number of benzene rings is 1. The fraction of sp³-hybridized carbons (Fsp3) is 0.571. The van der Waals surface area contributed by atoms with E-state index in [1.165, 1.54) is 5.56 Å². The van der Waals surface area contributed by atoms with Gasteiger partial charge in [-0.2, -0.15) is 0 Å². The van der Waals surface area contributed by atoms with Gasteiger partial charge in [0.2, 0.25) is 0 Å². The minimum atomic E-state index is 0.188. The highest BCUT2D eigenvalue weighted by molar-refractivity contribution is 5.13. The van der Waals surface area contributed by atoms with Gasteiger partial charge in [-0.05, 0) is 0 Å². The molecule has 1 aromatic rings. The summed E-state index contributed by atoms with van der Waals surface area (Å²) in [4.78, 5) is 0. The summed E-state index contributed by atoms with van der Waals surface area (Å²) in [6, 6.07) is 10.4. The van der Waals surface area contributed by atoms with Crippen molar-refractivity contribution >= 4 is 0 Å². The van der Waals surface area contributed by atoms with Gasteiger partial charge in [0.05, 0.1) is 33.4 Å². The largest absolute Gasteiger partial charge is 0.396 e. The standard InChI is InChI=1S/C14H22NO2/c1-15(7-12-5-3-2-4-6-12)8-13(10-16)14(9-15)11-17/h2-6,13-14,16-17H,7-11H2,1H3/q+1/t13-,14-/m1/s1. The average Bonchev–Trinajstić information content (AvgIpc) is 2.67. The van der Waals surface area contributed by atoms with Crippen LogP contribution in [0.3, 0.4) is 0 Å². The van der Waals surface area contributed by atoms with Gasteiger partial charge in [-0.25, -0.2) is 0 Å². The molecule has 0 spiro atoms. The van der Waals surface area contributed by atoms with Crippen LogP contribution in [-0.4, -0.2) is 48.0 Å². The lowest BCUT2D eigenvalue weighted by atomic mass is 9.98. The molecule has 1 heterocycles. The van der Waals surface area contributed by atoms with Crippen LogP contribution in [0, 0.1) is 11.8 Å². The first-order valence-corrected chi connectivity index (χ1v) is 6.26. The van der Waals surface area contributed by atoms with E-state index >= 15 is 0 Å². The molecule has 1 aliphatic rings. The van der Waals surface area contributed by atoms with Crippen LogP contribution >= 0.6 is 0 Å². The molecule has 0 aromatic heterocycles. The van der Waals surface area contributed by atoms with Crippen molar-refractivity contribution < 1.29 is 14.7 Å². The topological polar surface area (TPSA) is 40.5 Å². The molecule has 2 atom stereocenters. The van der Waals surface area contributed by atoms with E-state index in [0.717, 1.165) is 24.1 Å². The highest BCUT2D eigenvalue weighted by atomic mass is 16.3. The molecule has 1 aliphatic heterocycles. The van der Waals surface area contributed by atoms with Crippen LogP contribution in [0.15, 0.2) is 30.3 Å². The maximum atomic E-state index is 9.34. The van der Waals surface area contributed by atoms with Crippen LogP contribution < -0.4 is 0 Å². The summed E-state index contributed by atoms with van der Waals surface area (Å²) >= 11 is 0. The minimum Gasteiger partial charge on any atom is -0.396 e. The van der Waals surface area contributed by atoms with E-state index in [-0.39, 0.29) is 25.0 Å². The third kappa shape index (κ3) is 2.86. The number of aliphatic hydroxyl groups is 2. The second-order valence-electron chi connectivity index (χ2n) is 5.51. The second kappa shape index (κ2) is 5.17. The van der Waals surface area contributed by atoms with Gasteiger partial charge in [-0.1, -0.05) is 30.3 Å². The van der Waals surface area contributed by atoms with Gasteiger partial charge in [0.15, 0.2) is 0 Å². The van der Waals surface area contributed by atoms with E-state index in [1.807, 2.05) is 6.07 Å². The highest BCUT2D eigenvalue weighted by Gasteiger charge is 2.41. The Labute approximate surface area is 103 Å². The van der Waals surface area contributed by atoms with Gasteiger partial charge >= 0.3 is 0 Å². The van der Waals surface area contributed by atoms with Crippen LogP contribution in [0.2, 0.25) is 0 Å². The Morgan fingerprint density at radius 3 is 2.06 bits per heavy atom. The third-order valence-corrected chi connectivity index (χ3v) is 3.89. The Kier molecular flexibility index (Phi) is 3.82. The van der Waals surface area contributed by atoms with Crippen LogP contribution in [0.4, 0.5) is 0 Å². The zero-order chi connectivity index (χ0) is 12.3. The highest BCUT2D eigenvalue weighted by Crippen LogP contribution is 2.29. The van der Waals surface area contributed by atoms with Gasteiger partial charge in [-0.15, -0.1) is 0 Å². The zero-order valence-electron chi connectivity index (χ0n) is 10.4. The molecule has 3 heteroatoms. The van der Waals surface area contributed by atoms with Crippen molar-refractivity contribution in [3.8, 4) is 0 Å². The number of rotatable bonds is 4. The van der Waals surface area contributed by atoms with Crippen LogP contribution in [-0.2, 0) is 6.54 Å². The number of likely N-dealkylation sites (tertiary alicyclic amines) is 1. The molecule has 1 saturated heterocycles. The van der Waals surface area contributed by atoms with Crippen molar-refractivity contribution in [2.45, 2.75) is 6.54 Å². The normalized spacial score (nSPS) is 27.2. The summed E-state index contributed by atoms with van der Waals surface area (Å²) in [5.41, 5.74) is 1.32. The van der Waals surface area contributed by atoms with Crippen molar-refractivity contribution in [3.05, 3.63) is 35.9 Å². The summed E-state index contributed by atoms with van der Waals surface area (Å²) in [6.07, 6.45) is 0. The fourth-order valence-electron chi connectivity index (χ4n) is 3.07. The molecule has 0 unspecified atom stereocenters. The lowest BCUT2D eigenvalue weighted by Gasteiger charge is -2.30. The minimum absolute atomic E-state index is 0.188. The monoisotopic (exact) mass is 236 g/mol. The second-order valence-corrected chi connectivity index (χ2v) is 5.51. The Morgan fingerprint density at radius 1 is 1.06 bits per heavy atom. The molecule has 0 saturated carbocycles. The molecular formula is C14H22NO2+. The molecule has 17 heavy (non-hydrogen) atoms. The van der Waals surface area contributed by atoms with Crippen molar-refractivity contribution in [3.63, 3.8) is 0 Å². The van der Waals surface area contributed by atoms with Crippen LogP contribution in [0.1, 0.15) is 5.56 Å². The number of nitrogens with zero attached hydrogens (tertiary/aromatic N) is 1. The van der Waals surface area contributed by atoms with Crippen molar-refractivity contribution in [1.29, 1.82) is 0 Å². The maximum absolute atomic E-state index is 9.34. The molecule has 0 bridgehead atoms. The predicted octanol–water partition coefficient (Wildman–Crippen LogP) is 0.864. The molecule has 0 radical (unpaired) electrons. The predicted molar refractivity (Wildman–Crippen MR) is 67.2 cm³/mol. The Morgan fingerprint density at radius 2 is 1.59 bits per heavy atom. The molecular weight excluding hydrogens is 214 g/mol. The maximum Gasteiger partial charge on any atom is 0.104 e. The van der Waals surface area contributed by atoms with Crippen LogP contribution in [0.25, 0.3) is 0 Å². The number of quaternary nitrogens is 1. The third-order valence-electron chi connectivity index (χ3n) is 3.89. The quantitative estimate of drug-likeness (QED) is 0.761. The van der Waals surface area contributed by atoms with Crippen molar-refractivity contribution in [2.24, 2.45) is 11.8 Å².